The van der Waals surface area contributed by atoms with Crippen LogP contribution in [0, 0.1) is 0 Å². The first-order valence-electron chi connectivity index (χ1n) is 1.38. The molecule has 0 radical (unpaired) electrons. The van der Waals surface area contributed by atoms with E-state index in [9.17, 15) is 0 Å². The minimum atomic E-state index is 0. The zero-order valence-electron chi connectivity index (χ0n) is 3.03. The van der Waals surface area contributed by atoms with E-state index < -0.39 is 0 Å². The van der Waals surface area contributed by atoms with Crippen molar-refractivity contribution in [3.05, 3.63) is 0 Å². The molecule has 0 N–H and O–H groups in total. The molecule has 0 bridgehead atoms. The minimum absolute atomic E-state index is 0. The first-order chi connectivity index (χ1) is 2.50. The molecule has 0 amide bonds. The van der Waals surface area contributed by atoms with Crippen LogP contribution in [0.5, 0.6) is 0 Å². The van der Waals surface area contributed by atoms with Crippen molar-refractivity contribution in [2.24, 2.45) is 15.4 Å². The summed E-state index contributed by atoms with van der Waals surface area (Å²) in [5.41, 5.74) is 0. The van der Waals surface area contributed by atoms with Crippen LogP contribution in [0.2, 0.25) is 0 Å². The van der Waals surface area contributed by atoms with E-state index in [0.717, 1.165) is 0 Å². The summed E-state index contributed by atoms with van der Waals surface area (Å²) in [5, 5.41) is 10.2. The van der Waals surface area contributed by atoms with Gasteiger partial charge in [-0.3, -0.25) is 0 Å². The molecule has 0 unspecified atom stereocenters. The maximum atomic E-state index is 3.49. The van der Waals surface area contributed by atoms with Crippen molar-refractivity contribution in [2.75, 3.05) is 6.54 Å². The molecule has 0 aromatic heterocycles. The maximum absolute atomic E-state index is 3.49. The Balaban J connectivity index is 0.000000250. The second-order valence-electron chi connectivity index (χ2n) is 0.711. The van der Waals surface area contributed by atoms with Crippen LogP contribution in [-0.4, -0.2) is 12.8 Å². The lowest BCUT2D eigenvalue weighted by Gasteiger charge is -1.52. The van der Waals surface area contributed by atoms with Gasteiger partial charge in [0.05, 0.1) is 12.8 Å². The topological polar surface area (TPSA) is 37.1 Å². The second-order valence-corrected chi connectivity index (χ2v) is 0.711. The number of nitrogens with zero attached hydrogens (tertiary/aromatic N) is 3. The monoisotopic (exact) mass is 197 g/mol. The Morgan fingerprint density at radius 2 is 2.33 bits per heavy atom. The summed E-state index contributed by atoms with van der Waals surface area (Å²) in [4.78, 5) is 0. The van der Waals surface area contributed by atoms with Crippen LogP contribution in [0.15, 0.2) is 15.4 Å². The van der Waals surface area contributed by atoms with E-state index in [-0.39, 0.29) is 24.0 Å². The summed E-state index contributed by atoms with van der Waals surface area (Å²) < 4.78 is 0. The lowest BCUT2D eigenvalue weighted by molar-refractivity contribution is 1.06. The molecule has 1 aliphatic rings. The van der Waals surface area contributed by atoms with Crippen molar-refractivity contribution in [2.45, 2.75) is 0 Å². The Hall–Kier alpha value is 0. The van der Waals surface area contributed by atoms with Crippen molar-refractivity contribution < 1.29 is 0 Å². The molecule has 0 fully saturated rings. The average Bonchev–Trinajstić information content (AvgIpc) is 1.76. The first-order valence-corrected chi connectivity index (χ1v) is 1.38. The molecule has 0 saturated carbocycles. The molecule has 3 nitrogen and oxygen atoms in total. The Labute approximate surface area is 52.6 Å². The average molecular weight is 197 g/mol. The molecule has 0 saturated heterocycles. The van der Waals surface area contributed by atoms with Crippen molar-refractivity contribution in [3.8, 4) is 0 Å². The Kier molecular flexibility index (Phi) is 3.20. The Morgan fingerprint density at radius 1 is 1.50 bits per heavy atom. The molecule has 0 aliphatic carbocycles. The first kappa shape index (κ1) is 6.00. The summed E-state index contributed by atoms with van der Waals surface area (Å²) in [6.07, 6.45) is 1.65. The largest absolute Gasteiger partial charge is 0.163 e. The standard InChI is InChI=1S/C2H3N3.HI/c1-2-4-5-3-1;/h1H,2H2;1H. The predicted molar refractivity (Wildman–Crippen MR) is 33.6 cm³/mol. The summed E-state index contributed by atoms with van der Waals surface area (Å²) in [5.74, 6) is 0. The molecule has 34 valence electrons. The molecular formula is C2H4IN3. The van der Waals surface area contributed by atoms with Gasteiger partial charge in [-0.15, -0.1) is 29.1 Å². The molecule has 1 aliphatic heterocycles. The number of halogens is 1. The molecule has 0 atom stereocenters. The third kappa shape index (κ3) is 1.44. The fourth-order valence-electron chi connectivity index (χ4n) is 0.183. The highest BCUT2D eigenvalue weighted by atomic mass is 127. The lowest BCUT2D eigenvalue weighted by Crippen LogP contribution is -1.65. The fourth-order valence-corrected chi connectivity index (χ4v) is 0.183. The normalized spacial score (nSPS) is 14.7. The predicted octanol–water partition coefficient (Wildman–Crippen LogP) is 1.06. The van der Waals surface area contributed by atoms with E-state index in [1.807, 2.05) is 0 Å². The van der Waals surface area contributed by atoms with E-state index >= 15 is 0 Å². The van der Waals surface area contributed by atoms with Crippen molar-refractivity contribution in [1.82, 2.24) is 0 Å². The van der Waals surface area contributed by atoms with Gasteiger partial charge in [0.1, 0.15) is 0 Å². The highest BCUT2D eigenvalue weighted by Gasteiger charge is 1.75. The van der Waals surface area contributed by atoms with Crippen LogP contribution < -0.4 is 0 Å². The number of hydrogen-bond acceptors (Lipinski definition) is 3. The molecule has 1 heterocycles. The highest BCUT2D eigenvalue weighted by Crippen LogP contribution is 1.80. The zero-order valence-corrected chi connectivity index (χ0v) is 5.36. The van der Waals surface area contributed by atoms with Gasteiger partial charge in [-0.25, -0.2) is 0 Å². The van der Waals surface area contributed by atoms with Gasteiger partial charge in [-0.1, -0.05) is 0 Å². The zero-order chi connectivity index (χ0) is 3.54. The van der Waals surface area contributed by atoms with Gasteiger partial charge in [0, 0.05) is 0 Å². The third-order valence-electron chi connectivity index (χ3n) is 0.360. The van der Waals surface area contributed by atoms with Gasteiger partial charge in [0.15, 0.2) is 0 Å². The van der Waals surface area contributed by atoms with Gasteiger partial charge in [-0.2, -0.15) is 5.11 Å². The van der Waals surface area contributed by atoms with E-state index in [4.69, 9.17) is 0 Å². The number of rotatable bonds is 0. The Bertz CT molecular complexity index is 66.9. The van der Waals surface area contributed by atoms with Gasteiger partial charge in [0.25, 0.3) is 0 Å². The van der Waals surface area contributed by atoms with Gasteiger partial charge >= 0.3 is 0 Å². The molecule has 6 heavy (non-hydrogen) atoms. The highest BCUT2D eigenvalue weighted by molar-refractivity contribution is 14.0. The smallest absolute Gasteiger partial charge is 0.0992 e. The quantitative estimate of drug-likeness (QED) is 0.520. The molecule has 1 rings (SSSR count). The fraction of sp³-hybridized carbons (Fsp3) is 0.500. The van der Waals surface area contributed by atoms with Crippen LogP contribution in [0.4, 0.5) is 0 Å². The second kappa shape index (κ2) is 3.20. The van der Waals surface area contributed by atoms with Crippen LogP contribution in [0.3, 0.4) is 0 Å². The van der Waals surface area contributed by atoms with Gasteiger partial charge in [-0.05, 0) is 5.22 Å². The number of hydrogen-bond donors (Lipinski definition) is 0. The third-order valence-corrected chi connectivity index (χ3v) is 0.360. The van der Waals surface area contributed by atoms with Crippen molar-refractivity contribution >= 4 is 30.2 Å². The molecule has 4 heteroatoms. The van der Waals surface area contributed by atoms with Crippen LogP contribution in [0.25, 0.3) is 0 Å². The SMILES string of the molecule is C1=NN=NC1.I. The van der Waals surface area contributed by atoms with E-state index in [0.29, 0.717) is 6.54 Å². The summed E-state index contributed by atoms with van der Waals surface area (Å²) in [7, 11) is 0. The maximum Gasteiger partial charge on any atom is 0.0992 e. The van der Waals surface area contributed by atoms with Crippen molar-refractivity contribution in [3.63, 3.8) is 0 Å². The molecular weight excluding hydrogens is 193 g/mol. The lowest BCUT2D eigenvalue weighted by atomic mass is 10.8. The molecule has 0 aromatic rings. The summed E-state index contributed by atoms with van der Waals surface area (Å²) in [6.45, 7) is 0.667. The van der Waals surface area contributed by atoms with E-state index in [1.165, 1.54) is 0 Å². The van der Waals surface area contributed by atoms with E-state index in [2.05, 4.69) is 15.4 Å². The summed E-state index contributed by atoms with van der Waals surface area (Å²) >= 11 is 0. The van der Waals surface area contributed by atoms with Crippen LogP contribution in [-0.2, 0) is 0 Å². The molecule has 0 aromatic carbocycles. The van der Waals surface area contributed by atoms with Crippen LogP contribution >= 0.6 is 24.0 Å². The minimum Gasteiger partial charge on any atom is -0.163 e. The van der Waals surface area contributed by atoms with E-state index in [1.54, 1.807) is 6.21 Å². The van der Waals surface area contributed by atoms with Gasteiger partial charge < -0.3 is 0 Å². The van der Waals surface area contributed by atoms with Crippen molar-refractivity contribution in [1.29, 1.82) is 0 Å². The molecule has 0 spiro atoms. The van der Waals surface area contributed by atoms with Crippen LogP contribution in [0.1, 0.15) is 0 Å². The summed E-state index contributed by atoms with van der Waals surface area (Å²) in [6, 6.07) is 0. The van der Waals surface area contributed by atoms with Gasteiger partial charge in [0.2, 0.25) is 0 Å². The Morgan fingerprint density at radius 3 is 2.50 bits per heavy atom.